The highest BCUT2D eigenvalue weighted by Gasteiger charge is 2.20. The lowest BCUT2D eigenvalue weighted by Gasteiger charge is -2.32. The Morgan fingerprint density at radius 3 is 2.63 bits per heavy atom. The number of aryl methyl sites for hydroxylation is 3. The first-order chi connectivity index (χ1) is 18.4. The van der Waals surface area contributed by atoms with Crippen molar-refractivity contribution in [3.05, 3.63) is 59.0 Å². The van der Waals surface area contributed by atoms with E-state index in [0.717, 1.165) is 98.6 Å². The number of anilines is 1. The second-order valence-electron chi connectivity index (χ2n) is 10.8. The van der Waals surface area contributed by atoms with Gasteiger partial charge in [-0.05, 0) is 63.1 Å². The molecule has 0 unspecified atom stereocenters. The molecule has 0 saturated carbocycles. The van der Waals surface area contributed by atoms with Gasteiger partial charge in [0, 0.05) is 68.8 Å². The SMILES string of the molecule is Cc1cc2cc(n1)-c1cnn(C)c1CCCCCn1c(nc3ccc(CN4CCN(C)CC4)cc31)NC2=O. The standard InChI is InChI=1S/C29H36N8O/c1-20-15-22-17-25(31-20)23-18-30-35(3)26(23)7-5-4-6-10-37-27-16-21(19-36-13-11-34(2)12-14-36)8-9-24(27)32-29(37)33-28(22)38/h8-9,15-18H,4-7,10-14,19H2,1-3H3,(H,32,33,38). The van der Waals surface area contributed by atoms with Gasteiger partial charge < -0.3 is 9.47 Å². The number of benzene rings is 1. The van der Waals surface area contributed by atoms with Gasteiger partial charge in [-0.1, -0.05) is 12.5 Å². The average molecular weight is 513 g/mol. The molecule has 0 radical (unpaired) electrons. The molecule has 2 aliphatic heterocycles. The van der Waals surface area contributed by atoms with Crippen molar-refractivity contribution in [2.24, 2.45) is 7.05 Å². The number of imidazole rings is 1. The molecule has 0 aliphatic carbocycles. The first-order valence-corrected chi connectivity index (χ1v) is 13.7. The molecule has 6 rings (SSSR count). The Hall–Kier alpha value is -3.56. The number of fused-ring (bicyclic) bond motifs is 7. The van der Waals surface area contributed by atoms with Crippen molar-refractivity contribution in [2.75, 3.05) is 38.5 Å². The highest BCUT2D eigenvalue weighted by atomic mass is 16.1. The number of amides is 1. The van der Waals surface area contributed by atoms with Crippen LogP contribution in [0.15, 0.2) is 36.5 Å². The van der Waals surface area contributed by atoms with Gasteiger partial charge in [-0.15, -0.1) is 0 Å². The number of aromatic nitrogens is 5. The summed E-state index contributed by atoms with van der Waals surface area (Å²) in [5.41, 5.74) is 7.61. The summed E-state index contributed by atoms with van der Waals surface area (Å²) in [4.78, 5) is 28.0. The third kappa shape index (κ3) is 4.96. The van der Waals surface area contributed by atoms with Crippen LogP contribution in [0.2, 0.25) is 0 Å². The van der Waals surface area contributed by atoms with E-state index in [1.54, 1.807) is 0 Å². The lowest BCUT2D eigenvalue weighted by Crippen LogP contribution is -2.43. The van der Waals surface area contributed by atoms with E-state index < -0.39 is 0 Å². The van der Waals surface area contributed by atoms with Crippen molar-refractivity contribution in [3.63, 3.8) is 0 Å². The summed E-state index contributed by atoms with van der Waals surface area (Å²) >= 11 is 0. The molecule has 9 heteroatoms. The Morgan fingerprint density at radius 1 is 0.947 bits per heavy atom. The van der Waals surface area contributed by atoms with E-state index in [4.69, 9.17) is 9.97 Å². The Bertz CT molecular complexity index is 1480. The smallest absolute Gasteiger partial charge is 0.258 e. The summed E-state index contributed by atoms with van der Waals surface area (Å²) in [7, 11) is 4.17. The minimum absolute atomic E-state index is 0.173. The van der Waals surface area contributed by atoms with Gasteiger partial charge in [0.1, 0.15) is 0 Å². The number of nitrogens with zero attached hydrogens (tertiary/aromatic N) is 7. The van der Waals surface area contributed by atoms with E-state index in [2.05, 4.69) is 50.0 Å². The Labute approximate surface area is 223 Å². The molecule has 4 aromatic rings. The molecule has 1 aromatic carbocycles. The van der Waals surface area contributed by atoms with Gasteiger partial charge in [0.05, 0.1) is 22.9 Å². The van der Waals surface area contributed by atoms with Gasteiger partial charge in [0.25, 0.3) is 5.91 Å². The molecule has 38 heavy (non-hydrogen) atoms. The van der Waals surface area contributed by atoms with Gasteiger partial charge in [-0.3, -0.25) is 24.7 Å². The number of piperazine rings is 1. The van der Waals surface area contributed by atoms with Crippen LogP contribution in [-0.2, 0) is 26.6 Å². The number of hydrogen-bond donors (Lipinski definition) is 1. The van der Waals surface area contributed by atoms with E-state index in [0.29, 0.717) is 11.5 Å². The number of nitrogens with one attached hydrogen (secondary N) is 1. The zero-order valence-corrected chi connectivity index (χ0v) is 22.6. The maximum Gasteiger partial charge on any atom is 0.258 e. The lowest BCUT2D eigenvalue weighted by molar-refractivity contribution is 0.102. The summed E-state index contributed by atoms with van der Waals surface area (Å²) in [6.45, 7) is 8.05. The topological polar surface area (TPSA) is 84.1 Å². The molecule has 1 N–H and O–H groups in total. The fraction of sp³-hybridized carbons (Fsp3) is 0.448. The van der Waals surface area contributed by atoms with Crippen molar-refractivity contribution < 1.29 is 4.79 Å². The molecular formula is C29H36N8O. The van der Waals surface area contributed by atoms with Crippen LogP contribution in [0.3, 0.4) is 0 Å². The quantitative estimate of drug-likeness (QED) is 0.439. The molecule has 2 aliphatic rings. The minimum atomic E-state index is -0.173. The van der Waals surface area contributed by atoms with Gasteiger partial charge in [0.15, 0.2) is 0 Å². The third-order valence-corrected chi connectivity index (χ3v) is 7.89. The summed E-state index contributed by atoms with van der Waals surface area (Å²) in [6, 6.07) is 10.2. The maximum atomic E-state index is 13.5. The number of carbonyl (C=O) groups is 1. The van der Waals surface area contributed by atoms with Gasteiger partial charge in [-0.25, -0.2) is 4.98 Å². The van der Waals surface area contributed by atoms with Crippen LogP contribution in [-0.4, -0.2) is 73.2 Å². The van der Waals surface area contributed by atoms with Crippen LogP contribution in [0.1, 0.15) is 46.6 Å². The largest absolute Gasteiger partial charge is 0.310 e. The van der Waals surface area contributed by atoms with E-state index >= 15 is 0 Å². The molecule has 1 amide bonds. The number of pyridine rings is 1. The highest BCUT2D eigenvalue weighted by Crippen LogP contribution is 2.27. The first-order valence-electron chi connectivity index (χ1n) is 13.7. The zero-order valence-electron chi connectivity index (χ0n) is 22.6. The summed E-state index contributed by atoms with van der Waals surface area (Å²) < 4.78 is 4.13. The number of rotatable bonds is 2. The van der Waals surface area contributed by atoms with Crippen LogP contribution in [0.25, 0.3) is 22.3 Å². The second kappa shape index (κ2) is 10.3. The molecule has 2 bridgehead atoms. The van der Waals surface area contributed by atoms with Crippen molar-refractivity contribution >= 4 is 22.9 Å². The molecule has 0 spiro atoms. The van der Waals surface area contributed by atoms with Crippen molar-refractivity contribution in [3.8, 4) is 11.3 Å². The van der Waals surface area contributed by atoms with E-state index in [9.17, 15) is 4.79 Å². The van der Waals surface area contributed by atoms with Crippen LogP contribution in [0.5, 0.6) is 0 Å². The fourth-order valence-corrected chi connectivity index (χ4v) is 5.68. The minimum Gasteiger partial charge on any atom is -0.310 e. The van der Waals surface area contributed by atoms with Crippen LogP contribution in [0.4, 0.5) is 5.95 Å². The lowest BCUT2D eigenvalue weighted by atomic mass is 10.0. The van der Waals surface area contributed by atoms with E-state index in [-0.39, 0.29) is 5.91 Å². The fourth-order valence-electron chi connectivity index (χ4n) is 5.68. The Morgan fingerprint density at radius 2 is 1.79 bits per heavy atom. The molecule has 1 fully saturated rings. The first kappa shape index (κ1) is 24.8. The summed E-state index contributed by atoms with van der Waals surface area (Å²) in [6.07, 6.45) is 5.94. The molecule has 5 heterocycles. The number of hydrogen-bond acceptors (Lipinski definition) is 6. The second-order valence-corrected chi connectivity index (χ2v) is 10.8. The van der Waals surface area contributed by atoms with E-state index in [1.807, 2.05) is 37.0 Å². The highest BCUT2D eigenvalue weighted by molar-refractivity contribution is 6.04. The Balaban J connectivity index is 1.34. The predicted octanol–water partition coefficient (Wildman–Crippen LogP) is 3.87. The molecular weight excluding hydrogens is 476 g/mol. The number of likely N-dealkylation sites (N-methyl/N-ethyl adjacent to an activating group) is 1. The molecule has 1 saturated heterocycles. The predicted molar refractivity (Wildman–Crippen MR) is 149 cm³/mol. The monoisotopic (exact) mass is 512 g/mol. The third-order valence-electron chi connectivity index (χ3n) is 7.89. The molecule has 9 nitrogen and oxygen atoms in total. The van der Waals surface area contributed by atoms with Crippen LogP contribution >= 0.6 is 0 Å². The van der Waals surface area contributed by atoms with Crippen molar-refractivity contribution in [1.82, 2.24) is 34.1 Å². The zero-order chi connectivity index (χ0) is 26.2. The van der Waals surface area contributed by atoms with Gasteiger partial charge >= 0.3 is 0 Å². The van der Waals surface area contributed by atoms with Gasteiger partial charge in [-0.2, -0.15) is 5.10 Å². The van der Waals surface area contributed by atoms with E-state index in [1.165, 1.54) is 5.56 Å². The number of carbonyl (C=O) groups excluding carboxylic acids is 1. The van der Waals surface area contributed by atoms with Crippen molar-refractivity contribution in [1.29, 1.82) is 0 Å². The average Bonchev–Trinajstić information content (AvgIpc) is 3.43. The Kier molecular flexibility index (Phi) is 6.71. The molecule has 0 atom stereocenters. The normalized spacial score (nSPS) is 17.6. The van der Waals surface area contributed by atoms with Crippen LogP contribution < -0.4 is 5.32 Å². The summed E-state index contributed by atoms with van der Waals surface area (Å²) in [5, 5.41) is 7.62. The summed E-state index contributed by atoms with van der Waals surface area (Å²) in [5.74, 6) is 0.436. The van der Waals surface area contributed by atoms with Crippen molar-refractivity contribution in [2.45, 2.75) is 45.7 Å². The maximum absolute atomic E-state index is 13.5. The molecule has 3 aromatic heterocycles. The van der Waals surface area contributed by atoms with Crippen LogP contribution in [0, 0.1) is 6.92 Å². The molecule has 198 valence electrons. The van der Waals surface area contributed by atoms with Gasteiger partial charge in [0.2, 0.25) is 5.95 Å².